The van der Waals surface area contributed by atoms with E-state index in [1.54, 1.807) is 0 Å². The van der Waals surface area contributed by atoms with E-state index >= 15 is 0 Å². The van der Waals surface area contributed by atoms with Crippen molar-refractivity contribution in [1.82, 2.24) is 0 Å². The van der Waals surface area contributed by atoms with Gasteiger partial charge in [0.2, 0.25) is 11.6 Å². The standard InChI is InChI=1S/C22H28O5/c1-13-16-7-5-6-14(12-23)22(16,3)9-8-21(13,2)11-15-19(25)17(24)10-18(27-4)20(15)26/h6,10,12-13,16,25H,5,7-9,11H2,1-4H3/t13-,16+,21-,22-/m1/s1. The molecule has 3 rings (SSSR count). The van der Waals surface area contributed by atoms with Crippen molar-refractivity contribution in [2.45, 2.75) is 52.9 Å². The van der Waals surface area contributed by atoms with E-state index < -0.39 is 17.3 Å². The number of aliphatic hydroxyl groups excluding tert-OH is 1. The van der Waals surface area contributed by atoms with Gasteiger partial charge in [-0.15, -0.1) is 0 Å². The van der Waals surface area contributed by atoms with Gasteiger partial charge in [-0.05, 0) is 60.3 Å². The van der Waals surface area contributed by atoms with Crippen molar-refractivity contribution in [2.24, 2.45) is 22.7 Å². The number of aldehydes is 1. The van der Waals surface area contributed by atoms with Crippen LogP contribution < -0.4 is 0 Å². The molecule has 1 fully saturated rings. The Labute approximate surface area is 160 Å². The maximum atomic E-state index is 12.7. The quantitative estimate of drug-likeness (QED) is 0.599. The van der Waals surface area contributed by atoms with E-state index in [1.807, 2.05) is 0 Å². The molecule has 3 aliphatic rings. The van der Waals surface area contributed by atoms with Crippen molar-refractivity contribution in [3.8, 4) is 0 Å². The van der Waals surface area contributed by atoms with Crippen molar-refractivity contribution in [2.75, 3.05) is 7.11 Å². The molecule has 0 aliphatic heterocycles. The summed E-state index contributed by atoms with van der Waals surface area (Å²) in [4.78, 5) is 36.3. The van der Waals surface area contributed by atoms with Gasteiger partial charge in [0.25, 0.3) is 0 Å². The Morgan fingerprint density at radius 3 is 2.63 bits per heavy atom. The number of aliphatic hydroxyl groups is 1. The van der Waals surface area contributed by atoms with Gasteiger partial charge in [-0.3, -0.25) is 14.4 Å². The third-order valence-electron chi connectivity index (χ3n) is 7.44. The predicted octanol–water partition coefficient (Wildman–Crippen LogP) is 3.85. The molecule has 0 heterocycles. The molecule has 5 nitrogen and oxygen atoms in total. The van der Waals surface area contributed by atoms with E-state index in [4.69, 9.17) is 4.74 Å². The number of hydrogen-bond acceptors (Lipinski definition) is 5. The molecule has 4 atom stereocenters. The number of hydrogen-bond donors (Lipinski definition) is 1. The average Bonchev–Trinajstić information content (AvgIpc) is 2.65. The van der Waals surface area contributed by atoms with E-state index in [9.17, 15) is 19.5 Å². The van der Waals surface area contributed by atoms with Gasteiger partial charge in [-0.2, -0.15) is 0 Å². The Morgan fingerprint density at radius 2 is 2.00 bits per heavy atom. The smallest absolute Gasteiger partial charge is 0.227 e. The van der Waals surface area contributed by atoms with Crippen LogP contribution in [0.5, 0.6) is 0 Å². The van der Waals surface area contributed by atoms with Crippen molar-refractivity contribution in [3.63, 3.8) is 0 Å². The summed E-state index contributed by atoms with van der Waals surface area (Å²) < 4.78 is 5.03. The number of ketones is 2. The summed E-state index contributed by atoms with van der Waals surface area (Å²) in [6.07, 6.45) is 8.00. The number of fused-ring (bicyclic) bond motifs is 1. The highest BCUT2D eigenvalue weighted by atomic mass is 16.5. The van der Waals surface area contributed by atoms with Crippen molar-refractivity contribution in [3.05, 3.63) is 34.8 Å². The monoisotopic (exact) mass is 372 g/mol. The second-order valence-corrected chi connectivity index (χ2v) is 8.73. The topological polar surface area (TPSA) is 80.7 Å². The Bertz CT molecular complexity index is 787. The zero-order valence-electron chi connectivity index (χ0n) is 16.5. The maximum absolute atomic E-state index is 12.7. The second-order valence-electron chi connectivity index (χ2n) is 8.73. The molecule has 0 amide bonds. The second kappa shape index (κ2) is 6.77. The summed E-state index contributed by atoms with van der Waals surface area (Å²) in [6.45, 7) is 6.47. The first-order valence-electron chi connectivity index (χ1n) is 9.60. The van der Waals surface area contributed by atoms with Crippen LogP contribution in [0, 0.1) is 22.7 Å². The van der Waals surface area contributed by atoms with Gasteiger partial charge in [-0.1, -0.05) is 26.8 Å². The lowest BCUT2D eigenvalue weighted by Crippen LogP contribution is -2.48. The van der Waals surface area contributed by atoms with Crippen molar-refractivity contribution in [1.29, 1.82) is 0 Å². The van der Waals surface area contributed by atoms with Crippen LogP contribution in [-0.4, -0.2) is 30.1 Å². The predicted molar refractivity (Wildman–Crippen MR) is 101 cm³/mol. The van der Waals surface area contributed by atoms with Crippen LogP contribution in [0.1, 0.15) is 52.9 Å². The molecule has 5 heteroatoms. The van der Waals surface area contributed by atoms with Crippen LogP contribution in [0.15, 0.2) is 34.8 Å². The maximum Gasteiger partial charge on any atom is 0.227 e. The zero-order valence-corrected chi connectivity index (χ0v) is 16.5. The first kappa shape index (κ1) is 19.6. The van der Waals surface area contributed by atoms with Crippen molar-refractivity contribution >= 4 is 17.9 Å². The first-order valence-corrected chi connectivity index (χ1v) is 9.60. The fourth-order valence-electron chi connectivity index (χ4n) is 5.38. The molecule has 0 unspecified atom stereocenters. The van der Waals surface area contributed by atoms with Crippen LogP contribution in [0.25, 0.3) is 0 Å². The lowest BCUT2D eigenvalue weighted by molar-refractivity contribution is -0.120. The minimum atomic E-state index is -0.581. The van der Waals surface area contributed by atoms with Crippen LogP contribution in [-0.2, 0) is 19.1 Å². The third-order valence-corrected chi connectivity index (χ3v) is 7.44. The molecule has 3 aliphatic carbocycles. The molecular weight excluding hydrogens is 344 g/mol. The van der Waals surface area contributed by atoms with Crippen molar-refractivity contribution < 1.29 is 24.2 Å². The lowest BCUT2D eigenvalue weighted by Gasteiger charge is -2.55. The fourth-order valence-corrected chi connectivity index (χ4v) is 5.38. The van der Waals surface area contributed by atoms with Crippen LogP contribution in [0.2, 0.25) is 0 Å². The van der Waals surface area contributed by atoms with Crippen LogP contribution >= 0.6 is 0 Å². The Hall–Kier alpha value is -2.17. The number of Topliss-reactive ketones (excluding diaryl/α,β-unsaturated/α-hetero) is 1. The SMILES string of the molecule is COC1=CC(=O)C(O)=C(C[C@@]2(C)CC[C@]3(C)C(C=O)=CCC[C@H]3[C@H]2C)C1=O. The van der Waals surface area contributed by atoms with Gasteiger partial charge in [0.1, 0.15) is 6.29 Å². The molecular formula is C22H28O5. The highest BCUT2D eigenvalue weighted by Gasteiger charge is 2.52. The molecule has 146 valence electrons. The lowest BCUT2D eigenvalue weighted by atomic mass is 9.48. The number of allylic oxidation sites excluding steroid dienone is 4. The number of methoxy groups -OCH3 is 1. The van der Waals surface area contributed by atoms with E-state index in [0.717, 1.165) is 43.6 Å². The number of rotatable bonds is 4. The molecule has 0 aromatic heterocycles. The first-order chi connectivity index (χ1) is 12.7. The third kappa shape index (κ3) is 2.97. The summed E-state index contributed by atoms with van der Waals surface area (Å²) >= 11 is 0. The van der Waals surface area contributed by atoms with E-state index in [-0.39, 0.29) is 28.1 Å². The molecule has 0 saturated heterocycles. The molecule has 27 heavy (non-hydrogen) atoms. The minimum Gasteiger partial charge on any atom is -0.504 e. The number of ether oxygens (including phenoxy) is 1. The van der Waals surface area contributed by atoms with E-state index in [2.05, 4.69) is 26.8 Å². The Morgan fingerprint density at radius 1 is 1.30 bits per heavy atom. The average molecular weight is 372 g/mol. The molecule has 0 radical (unpaired) electrons. The minimum absolute atomic E-state index is 0.0199. The Kier molecular flexibility index (Phi) is 4.91. The van der Waals surface area contributed by atoms with Crippen LogP contribution in [0.3, 0.4) is 0 Å². The zero-order chi connectivity index (χ0) is 20.0. The number of carbonyl (C=O) groups is 3. The highest BCUT2D eigenvalue weighted by molar-refractivity contribution is 6.20. The molecule has 0 aromatic rings. The molecule has 0 bridgehead atoms. The molecule has 1 saturated carbocycles. The summed E-state index contributed by atoms with van der Waals surface area (Å²) in [6, 6.07) is 0. The molecule has 0 aromatic carbocycles. The van der Waals surface area contributed by atoms with Gasteiger partial charge in [0.15, 0.2) is 11.5 Å². The van der Waals surface area contributed by atoms with E-state index in [0.29, 0.717) is 12.3 Å². The normalized spacial score (nSPS) is 36.7. The molecule has 0 spiro atoms. The van der Waals surface area contributed by atoms with Gasteiger partial charge in [-0.25, -0.2) is 0 Å². The summed E-state index contributed by atoms with van der Waals surface area (Å²) in [5, 5.41) is 10.3. The van der Waals surface area contributed by atoms with Gasteiger partial charge >= 0.3 is 0 Å². The van der Waals surface area contributed by atoms with Crippen LogP contribution in [0.4, 0.5) is 0 Å². The molecule has 1 N–H and O–H groups in total. The summed E-state index contributed by atoms with van der Waals surface area (Å²) in [7, 11) is 1.35. The fraction of sp³-hybridized carbons (Fsp3) is 0.591. The summed E-state index contributed by atoms with van der Waals surface area (Å²) in [5.41, 5.74) is 0.659. The Balaban J connectivity index is 1.91. The highest BCUT2D eigenvalue weighted by Crippen LogP contribution is 2.60. The number of carbonyl (C=O) groups excluding carboxylic acids is 3. The summed E-state index contributed by atoms with van der Waals surface area (Å²) in [5.74, 6) is -0.903. The largest absolute Gasteiger partial charge is 0.504 e. The van der Waals surface area contributed by atoms with Gasteiger partial charge in [0, 0.05) is 11.6 Å². The van der Waals surface area contributed by atoms with Gasteiger partial charge in [0.05, 0.1) is 7.11 Å². The van der Waals surface area contributed by atoms with Gasteiger partial charge < -0.3 is 9.84 Å². The van der Waals surface area contributed by atoms with E-state index in [1.165, 1.54) is 7.11 Å².